The smallest absolute Gasteiger partial charge is 0.334 e. The number of H-pyrrole nitrogens is 1. The van der Waals surface area contributed by atoms with Gasteiger partial charge in [-0.25, -0.2) is 9.59 Å². The molecule has 2 aliphatic rings. The fourth-order valence-electron chi connectivity index (χ4n) is 4.57. The van der Waals surface area contributed by atoms with Crippen molar-refractivity contribution in [3.05, 3.63) is 47.2 Å². The van der Waals surface area contributed by atoms with Gasteiger partial charge in [-0.05, 0) is 55.1 Å². The summed E-state index contributed by atoms with van der Waals surface area (Å²) in [6, 6.07) is 5.55. The van der Waals surface area contributed by atoms with Crippen LogP contribution in [0.4, 0.5) is 0 Å². The van der Waals surface area contributed by atoms with Crippen LogP contribution in [0.2, 0.25) is 0 Å². The lowest BCUT2D eigenvalue weighted by molar-refractivity contribution is -0.236. The van der Waals surface area contributed by atoms with E-state index in [2.05, 4.69) is 24.1 Å². The van der Waals surface area contributed by atoms with Crippen LogP contribution in [0.15, 0.2) is 30.4 Å². The molecule has 7 nitrogen and oxygen atoms in total. The van der Waals surface area contributed by atoms with E-state index in [1.54, 1.807) is 6.07 Å². The number of ketones is 1. The molecular formula is C25H30N2O5. The van der Waals surface area contributed by atoms with Gasteiger partial charge in [-0.1, -0.05) is 27.7 Å². The zero-order valence-electron chi connectivity index (χ0n) is 19.0. The van der Waals surface area contributed by atoms with Gasteiger partial charge in [-0.3, -0.25) is 4.79 Å². The molecule has 1 spiro atoms. The van der Waals surface area contributed by atoms with Crippen LogP contribution in [-0.4, -0.2) is 35.8 Å². The minimum absolute atomic E-state index is 0.0686. The molecule has 32 heavy (non-hydrogen) atoms. The van der Waals surface area contributed by atoms with E-state index in [1.807, 2.05) is 26.0 Å². The lowest BCUT2D eigenvalue weighted by Gasteiger charge is -2.38. The van der Waals surface area contributed by atoms with Gasteiger partial charge < -0.3 is 19.8 Å². The highest BCUT2D eigenvalue weighted by Gasteiger charge is 2.49. The van der Waals surface area contributed by atoms with Gasteiger partial charge in [-0.15, -0.1) is 0 Å². The number of Topliss-reactive ketones (excluding diaryl/α,β-unsaturated/α-hetero) is 1. The summed E-state index contributed by atoms with van der Waals surface area (Å²) < 4.78 is 11.5. The van der Waals surface area contributed by atoms with Crippen molar-refractivity contribution in [2.45, 2.75) is 46.3 Å². The summed E-state index contributed by atoms with van der Waals surface area (Å²) in [7, 11) is 0. The monoisotopic (exact) mass is 438 g/mol. The maximum atomic E-state index is 12.6. The molecule has 1 aromatic heterocycles. The first kappa shape index (κ1) is 22.3. The molecule has 0 fully saturated rings. The Labute approximate surface area is 187 Å². The van der Waals surface area contributed by atoms with Gasteiger partial charge in [0.2, 0.25) is 0 Å². The molecule has 1 atom stereocenters. The first-order valence-corrected chi connectivity index (χ1v) is 11.2. The molecule has 0 saturated carbocycles. The van der Waals surface area contributed by atoms with Crippen molar-refractivity contribution in [2.24, 2.45) is 17.8 Å². The summed E-state index contributed by atoms with van der Waals surface area (Å²) in [6.07, 6.45) is 3.26. The molecule has 1 aromatic carbocycles. The molecule has 4 rings (SSSR count). The number of aromatic amines is 1. The second-order valence-corrected chi connectivity index (χ2v) is 9.51. The van der Waals surface area contributed by atoms with Gasteiger partial charge in [-0.2, -0.15) is 0 Å². The van der Waals surface area contributed by atoms with E-state index in [4.69, 9.17) is 9.47 Å². The Kier molecular flexibility index (Phi) is 5.95. The number of nitrogens with one attached hydrogen (secondary N) is 2. The molecule has 170 valence electrons. The molecule has 2 aromatic rings. The summed E-state index contributed by atoms with van der Waals surface area (Å²) in [4.78, 5) is 40.6. The normalized spacial score (nSPS) is 19.9. The Hall–Kier alpha value is -2.93. The zero-order chi connectivity index (χ0) is 23.0. The summed E-state index contributed by atoms with van der Waals surface area (Å²) >= 11 is 0. The van der Waals surface area contributed by atoms with E-state index in [-0.39, 0.29) is 17.6 Å². The molecular weight excluding hydrogens is 408 g/mol. The molecule has 1 aliphatic carbocycles. The number of hydrogen-bond donors (Lipinski definition) is 2. The van der Waals surface area contributed by atoms with Gasteiger partial charge in [0.05, 0.1) is 0 Å². The number of benzene rings is 1. The third-order valence-electron chi connectivity index (χ3n) is 6.02. The van der Waals surface area contributed by atoms with Crippen molar-refractivity contribution in [2.75, 3.05) is 13.1 Å². The predicted octanol–water partition coefficient (Wildman–Crippen LogP) is 3.62. The lowest BCUT2D eigenvalue weighted by Crippen LogP contribution is -2.44. The fraction of sp³-hybridized carbons (Fsp3) is 0.480. The molecule has 0 saturated heterocycles. The molecule has 1 aliphatic heterocycles. The Morgan fingerprint density at radius 1 is 1.16 bits per heavy atom. The molecule has 1 unspecified atom stereocenters. The lowest BCUT2D eigenvalue weighted by atomic mass is 9.81. The maximum absolute atomic E-state index is 12.6. The zero-order valence-corrected chi connectivity index (χ0v) is 19.0. The van der Waals surface area contributed by atoms with Crippen LogP contribution in [0.25, 0.3) is 10.9 Å². The van der Waals surface area contributed by atoms with E-state index in [1.165, 1.54) is 0 Å². The topological polar surface area (TPSA) is 97.5 Å². The molecule has 2 heterocycles. The molecule has 2 N–H and O–H groups in total. The van der Waals surface area contributed by atoms with Crippen molar-refractivity contribution in [3.63, 3.8) is 0 Å². The van der Waals surface area contributed by atoms with Crippen LogP contribution in [0, 0.1) is 17.8 Å². The minimum atomic E-state index is -1.52. The highest BCUT2D eigenvalue weighted by atomic mass is 16.7. The Morgan fingerprint density at radius 2 is 1.84 bits per heavy atom. The molecule has 0 amide bonds. The van der Waals surface area contributed by atoms with Crippen LogP contribution >= 0.6 is 0 Å². The first-order chi connectivity index (χ1) is 15.2. The highest BCUT2D eigenvalue weighted by molar-refractivity contribution is 6.01. The van der Waals surface area contributed by atoms with Gasteiger partial charge in [0.25, 0.3) is 5.79 Å². The number of rotatable bonds is 6. The van der Waals surface area contributed by atoms with E-state index in [0.717, 1.165) is 35.2 Å². The van der Waals surface area contributed by atoms with Gasteiger partial charge >= 0.3 is 11.9 Å². The Balaban J connectivity index is 1.80. The summed E-state index contributed by atoms with van der Waals surface area (Å²) in [5, 5.41) is 4.36. The molecule has 7 heteroatoms. The van der Waals surface area contributed by atoms with Gasteiger partial charge in [0.1, 0.15) is 5.69 Å². The number of carbonyl (C=O) groups is 3. The third kappa shape index (κ3) is 4.21. The van der Waals surface area contributed by atoms with Crippen LogP contribution in [0.5, 0.6) is 0 Å². The average molecular weight is 439 g/mol. The van der Waals surface area contributed by atoms with E-state index in [9.17, 15) is 14.4 Å². The van der Waals surface area contributed by atoms with Crippen LogP contribution in [0.3, 0.4) is 0 Å². The van der Waals surface area contributed by atoms with Gasteiger partial charge in [0.15, 0.2) is 5.78 Å². The van der Waals surface area contributed by atoms with Crippen molar-refractivity contribution in [3.8, 4) is 0 Å². The van der Waals surface area contributed by atoms with Crippen molar-refractivity contribution >= 4 is 28.6 Å². The number of hydrogen-bond acceptors (Lipinski definition) is 6. The average Bonchev–Trinajstić information content (AvgIpc) is 3.03. The van der Waals surface area contributed by atoms with Crippen LogP contribution in [0.1, 0.15) is 55.7 Å². The van der Waals surface area contributed by atoms with Crippen LogP contribution < -0.4 is 5.32 Å². The molecule has 0 radical (unpaired) electrons. The van der Waals surface area contributed by atoms with E-state index in [0.29, 0.717) is 36.6 Å². The largest absolute Gasteiger partial charge is 0.413 e. The quantitative estimate of drug-likeness (QED) is 0.528. The second-order valence-electron chi connectivity index (χ2n) is 9.51. The van der Waals surface area contributed by atoms with E-state index < -0.39 is 17.7 Å². The Morgan fingerprint density at radius 3 is 2.47 bits per heavy atom. The molecule has 0 bridgehead atoms. The summed E-state index contributed by atoms with van der Waals surface area (Å²) in [5.74, 6) is -2.23. The SMILES string of the molecule is CC(C)CNCC1Cc2c([nH]c3ccc(C(=O)C(C)C)cc23)C2(C1)OC(=O)C=CC(=O)O2. The number of ether oxygens (including phenoxy) is 2. The predicted molar refractivity (Wildman–Crippen MR) is 120 cm³/mol. The van der Waals surface area contributed by atoms with Gasteiger partial charge in [0, 0.05) is 41.0 Å². The van der Waals surface area contributed by atoms with Crippen LogP contribution in [-0.2, 0) is 31.3 Å². The highest BCUT2D eigenvalue weighted by Crippen LogP contribution is 2.45. The minimum Gasteiger partial charge on any atom is -0.413 e. The standard InChI is InChI=1S/C25H30N2O5/c1-14(2)12-26-13-16-9-19-18-10-17(23(30)15(3)4)5-6-20(18)27-24(19)25(11-16)31-21(28)7-8-22(29)32-25/h5-8,10,14-16,26-27H,9,11-13H2,1-4H3. The first-order valence-electron chi connectivity index (χ1n) is 11.2. The number of aromatic nitrogens is 1. The Bertz CT molecular complexity index is 1080. The maximum Gasteiger partial charge on any atom is 0.334 e. The fourth-order valence-corrected chi connectivity index (χ4v) is 4.57. The number of carbonyl (C=O) groups excluding carboxylic acids is 3. The summed E-state index contributed by atoms with van der Waals surface area (Å²) in [5.41, 5.74) is 2.95. The van der Waals surface area contributed by atoms with Crippen molar-refractivity contribution < 1.29 is 23.9 Å². The number of fused-ring (bicyclic) bond motifs is 4. The summed E-state index contributed by atoms with van der Waals surface area (Å²) in [6.45, 7) is 9.59. The van der Waals surface area contributed by atoms with Crippen molar-refractivity contribution in [1.29, 1.82) is 0 Å². The second kappa shape index (κ2) is 8.54. The number of esters is 2. The van der Waals surface area contributed by atoms with E-state index >= 15 is 0 Å². The third-order valence-corrected chi connectivity index (χ3v) is 6.02. The van der Waals surface area contributed by atoms with Crippen molar-refractivity contribution in [1.82, 2.24) is 10.3 Å².